The van der Waals surface area contributed by atoms with Crippen molar-refractivity contribution in [2.24, 2.45) is 5.92 Å². The van der Waals surface area contributed by atoms with Crippen molar-refractivity contribution in [3.63, 3.8) is 0 Å². The number of rotatable bonds is 8. The van der Waals surface area contributed by atoms with Gasteiger partial charge in [0.2, 0.25) is 5.91 Å². The van der Waals surface area contributed by atoms with E-state index in [2.05, 4.69) is 5.32 Å². The molecule has 2 fully saturated rings. The maximum atomic E-state index is 12.9. The Kier molecular flexibility index (Phi) is 8.24. The molecule has 38 heavy (non-hydrogen) atoms. The zero-order valence-electron chi connectivity index (χ0n) is 21.0. The number of thioether (sulfide) groups is 1. The van der Waals surface area contributed by atoms with Gasteiger partial charge >= 0.3 is 6.09 Å². The van der Waals surface area contributed by atoms with Crippen molar-refractivity contribution in [1.82, 2.24) is 4.90 Å². The number of amides is 2. The van der Waals surface area contributed by atoms with Crippen molar-refractivity contribution >= 4 is 46.7 Å². The number of carbonyl (C=O) groups excluding carboxylic acids is 3. The van der Waals surface area contributed by atoms with Gasteiger partial charge in [-0.3, -0.25) is 14.5 Å². The first-order valence-electron chi connectivity index (χ1n) is 12.9. The van der Waals surface area contributed by atoms with E-state index in [1.54, 1.807) is 0 Å². The van der Waals surface area contributed by atoms with Crippen LogP contribution >= 0.6 is 11.8 Å². The summed E-state index contributed by atoms with van der Waals surface area (Å²) < 4.78 is 5.44. The van der Waals surface area contributed by atoms with Crippen LogP contribution in [0.3, 0.4) is 0 Å². The molecular formula is C31H30N2O4S. The van der Waals surface area contributed by atoms with Gasteiger partial charge in [0.05, 0.1) is 0 Å². The Morgan fingerprint density at radius 3 is 2.18 bits per heavy atom. The zero-order chi connectivity index (χ0) is 26.3. The van der Waals surface area contributed by atoms with Crippen LogP contribution in [0.15, 0.2) is 83.8 Å². The van der Waals surface area contributed by atoms with E-state index in [1.807, 2.05) is 91.0 Å². The fourth-order valence-electron chi connectivity index (χ4n) is 4.32. The second kappa shape index (κ2) is 12.1. The van der Waals surface area contributed by atoms with Crippen LogP contribution in [-0.4, -0.2) is 34.6 Å². The highest BCUT2D eigenvalue weighted by Gasteiger charge is 2.35. The Hall–Kier alpha value is -3.84. The molecule has 0 radical (unpaired) electrons. The van der Waals surface area contributed by atoms with E-state index in [0.29, 0.717) is 18.7 Å². The first-order valence-corrected chi connectivity index (χ1v) is 13.7. The van der Waals surface area contributed by atoms with Gasteiger partial charge in [0.1, 0.15) is 12.6 Å². The number of anilines is 1. The highest BCUT2D eigenvalue weighted by molar-refractivity contribution is 8.13. The van der Waals surface area contributed by atoms with E-state index in [0.717, 1.165) is 40.8 Å². The first kappa shape index (κ1) is 25.8. The third kappa shape index (κ3) is 6.92. The van der Waals surface area contributed by atoms with Crippen LogP contribution < -0.4 is 5.32 Å². The van der Waals surface area contributed by atoms with E-state index in [9.17, 15) is 14.4 Å². The standard InChI is InChI=1S/C31H30N2O4S/c34-29(28-7-4-20-33(28)31(36)37-21-24-5-2-1-3-6-24)32-26-16-10-22(11-17-26)8-9-23-12-18-27(19-13-23)38-30(35)25-14-15-25/h1-3,5-6,8-13,16-19,25,28H,4,7,14-15,20-21H2,(H,32,34)/b9-8+/t28-/m0/s1. The summed E-state index contributed by atoms with van der Waals surface area (Å²) in [5.41, 5.74) is 3.63. The van der Waals surface area contributed by atoms with Crippen LogP contribution in [-0.2, 0) is 20.9 Å². The third-order valence-corrected chi connectivity index (χ3v) is 7.69. The molecule has 3 aromatic rings. The molecule has 1 aliphatic heterocycles. The summed E-state index contributed by atoms with van der Waals surface area (Å²) in [4.78, 5) is 40.0. The van der Waals surface area contributed by atoms with E-state index in [-0.39, 0.29) is 23.5 Å². The molecule has 0 unspecified atom stereocenters. The number of hydrogen-bond donors (Lipinski definition) is 1. The summed E-state index contributed by atoms with van der Waals surface area (Å²) in [7, 11) is 0. The smallest absolute Gasteiger partial charge is 0.410 e. The van der Waals surface area contributed by atoms with Crippen molar-refractivity contribution in [3.05, 3.63) is 95.6 Å². The summed E-state index contributed by atoms with van der Waals surface area (Å²) in [5.74, 6) is 0.0476. The Morgan fingerprint density at radius 2 is 1.53 bits per heavy atom. The third-order valence-electron chi connectivity index (χ3n) is 6.65. The highest BCUT2D eigenvalue weighted by atomic mass is 32.2. The minimum absolute atomic E-state index is 0.183. The van der Waals surface area contributed by atoms with Gasteiger partial charge < -0.3 is 10.1 Å². The van der Waals surface area contributed by atoms with Crippen LogP contribution in [0.5, 0.6) is 0 Å². The van der Waals surface area contributed by atoms with Crippen molar-refractivity contribution in [3.8, 4) is 0 Å². The van der Waals surface area contributed by atoms with Crippen molar-refractivity contribution in [2.45, 2.75) is 43.2 Å². The molecule has 194 valence electrons. The molecule has 5 rings (SSSR count). The highest BCUT2D eigenvalue weighted by Crippen LogP contribution is 2.36. The number of nitrogens with one attached hydrogen (secondary N) is 1. The van der Waals surface area contributed by atoms with E-state index >= 15 is 0 Å². The van der Waals surface area contributed by atoms with Crippen LogP contribution in [0.1, 0.15) is 42.4 Å². The van der Waals surface area contributed by atoms with Crippen molar-refractivity contribution < 1.29 is 19.1 Å². The monoisotopic (exact) mass is 526 g/mol. The van der Waals surface area contributed by atoms with Gasteiger partial charge in [0, 0.05) is 23.0 Å². The lowest BCUT2D eigenvalue weighted by molar-refractivity contribution is -0.120. The summed E-state index contributed by atoms with van der Waals surface area (Å²) in [6, 6.07) is 24.5. The Bertz CT molecular complexity index is 1300. The minimum atomic E-state index is -0.543. The molecule has 0 aromatic heterocycles. The van der Waals surface area contributed by atoms with Crippen LogP contribution in [0.25, 0.3) is 12.2 Å². The Labute approximate surface area is 227 Å². The van der Waals surface area contributed by atoms with Gasteiger partial charge in [-0.1, -0.05) is 78.5 Å². The van der Waals surface area contributed by atoms with Crippen molar-refractivity contribution in [2.75, 3.05) is 11.9 Å². The second-order valence-corrected chi connectivity index (χ2v) is 10.7. The van der Waals surface area contributed by atoms with E-state index in [4.69, 9.17) is 4.74 Å². The Morgan fingerprint density at radius 1 is 0.868 bits per heavy atom. The molecule has 0 bridgehead atoms. The lowest BCUT2D eigenvalue weighted by Crippen LogP contribution is -2.43. The zero-order valence-corrected chi connectivity index (χ0v) is 21.9. The molecule has 7 heteroatoms. The van der Waals surface area contributed by atoms with Crippen LogP contribution in [0.4, 0.5) is 10.5 Å². The summed E-state index contributed by atoms with van der Waals surface area (Å²) in [5, 5.41) is 3.20. The molecule has 1 N–H and O–H groups in total. The number of ether oxygens (including phenoxy) is 1. The molecule has 1 aliphatic carbocycles. The summed E-state index contributed by atoms with van der Waals surface area (Å²) in [6.45, 7) is 0.689. The van der Waals surface area contributed by atoms with Gasteiger partial charge in [-0.25, -0.2) is 4.79 Å². The Balaban J connectivity index is 1.12. The predicted octanol–water partition coefficient (Wildman–Crippen LogP) is 6.63. The SMILES string of the molecule is O=C(Sc1ccc(/C=C/c2ccc(NC(=O)[C@@H]3CCCN3C(=O)OCc3ccccc3)cc2)cc1)C1CC1. The van der Waals surface area contributed by atoms with Crippen molar-refractivity contribution in [1.29, 1.82) is 0 Å². The number of hydrogen-bond acceptors (Lipinski definition) is 5. The van der Waals surface area contributed by atoms with Crippen LogP contribution in [0.2, 0.25) is 0 Å². The molecule has 1 heterocycles. The fraction of sp³-hybridized carbons (Fsp3) is 0.258. The van der Waals surface area contributed by atoms with Crippen LogP contribution in [0, 0.1) is 5.92 Å². The molecule has 1 atom stereocenters. The topological polar surface area (TPSA) is 75.7 Å². The molecule has 3 aromatic carbocycles. The predicted molar refractivity (Wildman–Crippen MR) is 150 cm³/mol. The summed E-state index contributed by atoms with van der Waals surface area (Å²) in [6.07, 6.45) is 6.98. The van der Waals surface area contributed by atoms with Gasteiger partial charge in [-0.2, -0.15) is 0 Å². The van der Waals surface area contributed by atoms with Gasteiger partial charge in [-0.05, 0) is 66.6 Å². The average Bonchev–Trinajstić information content (AvgIpc) is 3.69. The minimum Gasteiger partial charge on any atom is -0.445 e. The van der Waals surface area contributed by atoms with E-state index < -0.39 is 12.1 Å². The quantitative estimate of drug-likeness (QED) is 0.264. The molecular weight excluding hydrogens is 496 g/mol. The van der Waals surface area contributed by atoms with Gasteiger partial charge in [0.25, 0.3) is 0 Å². The van der Waals surface area contributed by atoms with Gasteiger partial charge in [0.15, 0.2) is 5.12 Å². The van der Waals surface area contributed by atoms with E-state index in [1.165, 1.54) is 16.7 Å². The molecule has 0 spiro atoms. The summed E-state index contributed by atoms with van der Waals surface area (Å²) >= 11 is 1.33. The first-order chi connectivity index (χ1) is 18.5. The maximum Gasteiger partial charge on any atom is 0.410 e. The van der Waals surface area contributed by atoms with Gasteiger partial charge in [-0.15, -0.1) is 0 Å². The molecule has 2 aliphatic rings. The largest absolute Gasteiger partial charge is 0.445 e. The molecule has 2 amide bonds. The lowest BCUT2D eigenvalue weighted by atomic mass is 10.1. The molecule has 1 saturated heterocycles. The number of benzene rings is 3. The second-order valence-electron chi connectivity index (χ2n) is 9.60. The number of carbonyl (C=O) groups is 3. The maximum absolute atomic E-state index is 12.9. The number of nitrogens with zero attached hydrogens (tertiary/aromatic N) is 1. The number of likely N-dealkylation sites (tertiary alicyclic amines) is 1. The average molecular weight is 527 g/mol. The normalized spacial score (nSPS) is 16.9. The molecule has 1 saturated carbocycles. The lowest BCUT2D eigenvalue weighted by Gasteiger charge is -2.23. The molecule has 6 nitrogen and oxygen atoms in total. The fourth-order valence-corrected chi connectivity index (χ4v) is 5.23.